The van der Waals surface area contributed by atoms with Gasteiger partial charge in [0, 0.05) is 43.6 Å². The fourth-order valence-corrected chi connectivity index (χ4v) is 8.30. The Morgan fingerprint density at radius 3 is 2.64 bits per heavy atom. The topological polar surface area (TPSA) is 78.4 Å². The van der Waals surface area contributed by atoms with Crippen molar-refractivity contribution in [2.45, 2.75) is 75.1 Å². The Morgan fingerprint density at radius 2 is 1.92 bits per heavy atom. The molecule has 1 aliphatic carbocycles. The first-order valence-corrected chi connectivity index (χ1v) is 15.6. The second-order valence-corrected chi connectivity index (χ2v) is 13.9. The predicted molar refractivity (Wildman–Crippen MR) is 147 cm³/mol. The van der Waals surface area contributed by atoms with Crippen LogP contribution in [0.15, 0.2) is 41.6 Å². The van der Waals surface area contributed by atoms with E-state index < -0.39 is 22.6 Å². The van der Waals surface area contributed by atoms with Gasteiger partial charge in [0.1, 0.15) is 17.0 Å². The molecule has 0 bridgehead atoms. The molecule has 1 saturated heterocycles. The number of fused-ring (bicyclic) bond motifs is 1. The van der Waals surface area contributed by atoms with Crippen molar-refractivity contribution in [1.29, 1.82) is 0 Å². The van der Waals surface area contributed by atoms with E-state index in [4.69, 9.17) is 0 Å². The summed E-state index contributed by atoms with van der Waals surface area (Å²) in [5, 5.41) is 4.25. The molecule has 212 valence electrons. The van der Waals surface area contributed by atoms with Crippen molar-refractivity contribution >= 4 is 37.4 Å². The van der Waals surface area contributed by atoms with Crippen LogP contribution in [0.5, 0.6) is 0 Å². The molecule has 39 heavy (non-hydrogen) atoms. The molecule has 1 aliphatic heterocycles. The number of alkyl halides is 3. The molecular formula is C27H34F3N5O2S2. The van der Waals surface area contributed by atoms with E-state index in [1.807, 2.05) is 19.2 Å². The molecule has 1 aromatic carbocycles. The molecule has 1 unspecified atom stereocenters. The zero-order valence-corrected chi connectivity index (χ0v) is 23.7. The van der Waals surface area contributed by atoms with Crippen LogP contribution in [0.25, 0.3) is 10.2 Å². The number of nitrogens with one attached hydrogen (secondary N) is 1. The van der Waals surface area contributed by atoms with Crippen molar-refractivity contribution in [3.05, 3.63) is 47.1 Å². The maximum atomic E-state index is 13.0. The Bertz CT molecular complexity index is 1390. The van der Waals surface area contributed by atoms with Crippen molar-refractivity contribution < 1.29 is 21.6 Å². The van der Waals surface area contributed by atoms with Gasteiger partial charge < -0.3 is 10.2 Å². The minimum Gasteiger partial charge on any atom is -0.356 e. The van der Waals surface area contributed by atoms with Gasteiger partial charge >= 0.3 is 6.18 Å². The highest BCUT2D eigenvalue weighted by Gasteiger charge is 2.32. The molecule has 0 radical (unpaired) electrons. The number of halogens is 3. The number of rotatable bonds is 8. The summed E-state index contributed by atoms with van der Waals surface area (Å²) < 4.78 is 66.3. The molecule has 3 heterocycles. The molecule has 2 aliphatic rings. The third-order valence-electron chi connectivity index (χ3n) is 7.80. The normalized spacial score (nSPS) is 22.9. The zero-order valence-electron chi connectivity index (χ0n) is 22.1. The van der Waals surface area contributed by atoms with Crippen LogP contribution in [-0.2, 0) is 23.0 Å². The standard InChI is InChI=1S/C27H34F3N5O2S2/c1-18-4-3-11-35(16-18)39(36,37)23-9-5-19(6-10-23)15-31-20-7-8-21(12-20)34(2)25-24-13-22(14-27(28,29)30)38-26(24)33-17-32-25/h5-6,9-10,13,17-18,20-21,31H,3-4,7-8,11-12,14-16H2,1-2H3/t18?,20-,21+/m0/s1. The summed E-state index contributed by atoms with van der Waals surface area (Å²) in [6, 6.07) is 9.19. The van der Waals surface area contributed by atoms with E-state index in [-0.39, 0.29) is 17.0 Å². The Kier molecular flexibility index (Phi) is 8.19. The highest BCUT2D eigenvalue weighted by molar-refractivity contribution is 7.89. The van der Waals surface area contributed by atoms with Crippen LogP contribution in [0.4, 0.5) is 19.0 Å². The van der Waals surface area contributed by atoms with Crippen LogP contribution < -0.4 is 10.2 Å². The van der Waals surface area contributed by atoms with E-state index in [2.05, 4.69) is 27.1 Å². The summed E-state index contributed by atoms with van der Waals surface area (Å²) in [4.78, 5) is 11.8. The van der Waals surface area contributed by atoms with Crippen molar-refractivity contribution in [2.75, 3.05) is 25.0 Å². The minimum atomic E-state index is -4.26. The molecule has 3 aromatic rings. The number of thiophene rings is 1. The summed E-state index contributed by atoms with van der Waals surface area (Å²) in [5.41, 5.74) is 1.02. The number of aromatic nitrogens is 2. The molecule has 1 saturated carbocycles. The Hall–Kier alpha value is -2.28. The summed E-state index contributed by atoms with van der Waals surface area (Å²) in [6.45, 7) is 3.87. The Morgan fingerprint density at radius 1 is 1.15 bits per heavy atom. The molecule has 7 nitrogen and oxygen atoms in total. The molecule has 2 aromatic heterocycles. The number of piperidine rings is 1. The highest BCUT2D eigenvalue weighted by Crippen LogP contribution is 2.36. The van der Waals surface area contributed by atoms with Crippen molar-refractivity contribution in [3.63, 3.8) is 0 Å². The molecule has 3 atom stereocenters. The van der Waals surface area contributed by atoms with Gasteiger partial charge in [-0.3, -0.25) is 0 Å². The van der Waals surface area contributed by atoms with E-state index in [1.165, 1.54) is 6.33 Å². The van der Waals surface area contributed by atoms with E-state index in [0.29, 0.717) is 46.5 Å². The summed E-state index contributed by atoms with van der Waals surface area (Å²) in [5.74, 6) is 1.04. The van der Waals surface area contributed by atoms with Crippen LogP contribution in [-0.4, -0.2) is 61.1 Å². The molecule has 1 N–H and O–H groups in total. The second kappa shape index (κ2) is 11.3. The van der Waals surface area contributed by atoms with Crippen LogP contribution in [0.2, 0.25) is 0 Å². The Balaban J connectivity index is 1.18. The predicted octanol–water partition coefficient (Wildman–Crippen LogP) is 5.36. The van der Waals surface area contributed by atoms with Gasteiger partial charge in [0.15, 0.2) is 0 Å². The third kappa shape index (κ3) is 6.55. The number of nitrogens with zero attached hydrogens (tertiary/aromatic N) is 4. The van der Waals surface area contributed by atoms with Gasteiger partial charge in [-0.15, -0.1) is 11.3 Å². The second-order valence-electron chi connectivity index (χ2n) is 10.8. The van der Waals surface area contributed by atoms with Gasteiger partial charge in [0.05, 0.1) is 16.7 Å². The van der Waals surface area contributed by atoms with Crippen LogP contribution in [0.3, 0.4) is 0 Å². The number of anilines is 1. The van der Waals surface area contributed by atoms with Gasteiger partial charge in [0.2, 0.25) is 10.0 Å². The average molecular weight is 582 g/mol. The van der Waals surface area contributed by atoms with Gasteiger partial charge in [-0.05, 0) is 61.8 Å². The number of sulfonamides is 1. The quantitative estimate of drug-likeness (QED) is 0.386. The van der Waals surface area contributed by atoms with Gasteiger partial charge in [-0.1, -0.05) is 19.1 Å². The van der Waals surface area contributed by atoms with Crippen molar-refractivity contribution in [1.82, 2.24) is 19.6 Å². The zero-order chi connectivity index (χ0) is 27.8. The maximum Gasteiger partial charge on any atom is 0.393 e. The first-order chi connectivity index (χ1) is 18.5. The number of hydrogen-bond donors (Lipinski definition) is 1. The molecule has 5 rings (SSSR count). The summed E-state index contributed by atoms with van der Waals surface area (Å²) in [6.07, 6.45) is 0.936. The summed E-state index contributed by atoms with van der Waals surface area (Å²) >= 11 is 1.06. The van der Waals surface area contributed by atoms with Crippen molar-refractivity contribution in [3.8, 4) is 0 Å². The third-order valence-corrected chi connectivity index (χ3v) is 10.7. The fraction of sp³-hybridized carbons (Fsp3) is 0.556. The Labute approximate surface area is 231 Å². The summed E-state index contributed by atoms with van der Waals surface area (Å²) in [7, 11) is -1.52. The minimum absolute atomic E-state index is 0.200. The molecular weight excluding hydrogens is 547 g/mol. The lowest BCUT2D eigenvalue weighted by Gasteiger charge is -2.30. The average Bonchev–Trinajstić information content (AvgIpc) is 3.53. The lowest BCUT2D eigenvalue weighted by atomic mass is 10.0. The van der Waals surface area contributed by atoms with Crippen LogP contribution in [0, 0.1) is 5.92 Å². The lowest BCUT2D eigenvalue weighted by Crippen LogP contribution is -2.39. The van der Waals surface area contributed by atoms with E-state index in [0.717, 1.165) is 49.0 Å². The van der Waals surface area contributed by atoms with E-state index in [1.54, 1.807) is 22.5 Å². The van der Waals surface area contributed by atoms with Gasteiger partial charge in [0.25, 0.3) is 0 Å². The largest absolute Gasteiger partial charge is 0.393 e. The van der Waals surface area contributed by atoms with Crippen LogP contribution in [0.1, 0.15) is 49.5 Å². The molecule has 0 amide bonds. The fourth-order valence-electron chi connectivity index (χ4n) is 5.68. The lowest BCUT2D eigenvalue weighted by molar-refractivity contribution is -0.126. The molecule has 12 heteroatoms. The molecule has 2 fully saturated rings. The maximum absolute atomic E-state index is 13.0. The monoisotopic (exact) mass is 581 g/mol. The number of benzene rings is 1. The van der Waals surface area contributed by atoms with E-state index >= 15 is 0 Å². The smallest absolute Gasteiger partial charge is 0.356 e. The SMILES string of the molecule is CC1CCCN(S(=O)(=O)c2ccc(CN[C@H]3CC[C@@H](N(C)c4ncnc5sc(CC(F)(F)F)cc45)C3)cc2)C1. The van der Waals surface area contributed by atoms with Gasteiger partial charge in [-0.2, -0.15) is 17.5 Å². The van der Waals surface area contributed by atoms with Crippen molar-refractivity contribution in [2.24, 2.45) is 5.92 Å². The number of hydrogen-bond acceptors (Lipinski definition) is 7. The first kappa shape index (κ1) is 28.3. The highest BCUT2D eigenvalue weighted by atomic mass is 32.2. The van der Waals surface area contributed by atoms with E-state index in [9.17, 15) is 21.6 Å². The molecule has 0 spiro atoms. The van der Waals surface area contributed by atoms with Gasteiger partial charge in [-0.25, -0.2) is 18.4 Å². The van der Waals surface area contributed by atoms with Crippen LogP contribution >= 0.6 is 11.3 Å². The first-order valence-electron chi connectivity index (χ1n) is 13.3.